The van der Waals surface area contributed by atoms with Crippen LogP contribution in [0, 0.1) is 6.92 Å². The molecule has 62 valence electrons. The molecule has 0 spiro atoms. The number of hydrogen-bond acceptors (Lipinski definition) is 3. The maximum Gasteiger partial charge on any atom is 0.177 e. The van der Waals surface area contributed by atoms with Crippen LogP contribution in [-0.4, -0.2) is 19.8 Å². The van der Waals surface area contributed by atoms with E-state index < -0.39 is 0 Å². The molecule has 0 radical (unpaired) electrons. The number of fused-ring (bicyclic) bond motifs is 1. The molecule has 0 atom stereocenters. The quantitative estimate of drug-likeness (QED) is 0.667. The van der Waals surface area contributed by atoms with Crippen LogP contribution < -0.4 is 0 Å². The predicted octanol–water partition coefficient (Wildman–Crippen LogP) is 1.85. The topological polar surface area (TPSA) is 43.1 Å². The van der Waals surface area contributed by atoms with Crippen molar-refractivity contribution in [3.63, 3.8) is 0 Å². The summed E-state index contributed by atoms with van der Waals surface area (Å²) in [6, 6.07) is 0. The molecule has 12 heavy (non-hydrogen) atoms. The van der Waals surface area contributed by atoms with Crippen molar-refractivity contribution < 1.29 is 0 Å². The molecule has 0 saturated carbocycles. The van der Waals surface area contributed by atoms with Gasteiger partial charge in [-0.05, 0) is 22.9 Å². The van der Waals surface area contributed by atoms with Crippen LogP contribution in [0.15, 0.2) is 10.7 Å². The summed E-state index contributed by atoms with van der Waals surface area (Å²) in [5.41, 5.74) is 1.48. The van der Waals surface area contributed by atoms with E-state index in [-0.39, 0.29) is 0 Å². The second kappa shape index (κ2) is 2.67. The molecule has 0 unspecified atom stereocenters. The molecule has 0 aliphatic rings. The van der Waals surface area contributed by atoms with Crippen LogP contribution in [0.5, 0.6) is 0 Å². The van der Waals surface area contributed by atoms with E-state index in [1.54, 1.807) is 6.20 Å². The molecule has 2 rings (SSSR count). The summed E-state index contributed by atoms with van der Waals surface area (Å²) < 4.78 is 2.22. The van der Waals surface area contributed by atoms with Gasteiger partial charge in [0.1, 0.15) is 0 Å². The van der Waals surface area contributed by atoms with E-state index in [9.17, 15) is 0 Å². The van der Waals surface area contributed by atoms with Crippen molar-refractivity contribution in [2.75, 3.05) is 0 Å². The molecule has 2 aromatic heterocycles. The van der Waals surface area contributed by atoms with Gasteiger partial charge in [-0.25, -0.2) is 4.98 Å². The molecule has 4 nitrogen and oxygen atoms in total. The van der Waals surface area contributed by atoms with Gasteiger partial charge in [0.15, 0.2) is 10.8 Å². The minimum Gasteiger partial charge on any atom is -0.231 e. The van der Waals surface area contributed by atoms with Crippen molar-refractivity contribution in [1.82, 2.24) is 19.8 Å². The highest BCUT2D eigenvalue weighted by Gasteiger charge is 2.08. The van der Waals surface area contributed by atoms with Crippen molar-refractivity contribution in [3.8, 4) is 0 Å². The van der Waals surface area contributed by atoms with Crippen molar-refractivity contribution in [2.45, 2.75) is 6.92 Å². The summed E-state index contributed by atoms with van der Waals surface area (Å²) >= 11 is 9.25. The average molecular weight is 247 g/mol. The second-order valence-corrected chi connectivity index (χ2v) is 3.46. The van der Waals surface area contributed by atoms with Crippen molar-refractivity contribution in [2.24, 2.45) is 0 Å². The molecule has 0 saturated heterocycles. The summed E-state index contributed by atoms with van der Waals surface area (Å²) in [7, 11) is 0. The Hall–Kier alpha value is -0.680. The summed E-state index contributed by atoms with van der Waals surface area (Å²) in [5.74, 6) is 0. The van der Waals surface area contributed by atoms with Gasteiger partial charge >= 0.3 is 0 Å². The zero-order valence-electron chi connectivity index (χ0n) is 6.12. The van der Waals surface area contributed by atoms with E-state index in [1.807, 2.05) is 6.92 Å². The first-order valence-corrected chi connectivity index (χ1v) is 4.39. The Morgan fingerprint density at radius 3 is 3.08 bits per heavy atom. The summed E-state index contributed by atoms with van der Waals surface area (Å²) in [4.78, 5) is 4.20. The third-order valence-corrected chi connectivity index (χ3v) is 3.03. The molecule has 0 aromatic carbocycles. The van der Waals surface area contributed by atoms with E-state index >= 15 is 0 Å². The smallest absolute Gasteiger partial charge is 0.177 e. The zero-order chi connectivity index (χ0) is 8.72. The van der Waals surface area contributed by atoms with Crippen LogP contribution in [0.4, 0.5) is 0 Å². The van der Waals surface area contributed by atoms with Crippen molar-refractivity contribution in [3.05, 3.63) is 21.5 Å². The fourth-order valence-corrected chi connectivity index (χ4v) is 1.42. The summed E-state index contributed by atoms with van der Waals surface area (Å²) in [6.07, 6.45) is 1.56. The number of rotatable bonds is 0. The first kappa shape index (κ1) is 7.94. The summed E-state index contributed by atoms with van der Waals surface area (Å²) in [6.45, 7) is 1.86. The Morgan fingerprint density at radius 1 is 1.58 bits per heavy atom. The van der Waals surface area contributed by atoms with Gasteiger partial charge in [-0.2, -0.15) is 4.52 Å². The lowest BCUT2D eigenvalue weighted by molar-refractivity contribution is 0.840. The van der Waals surface area contributed by atoms with Gasteiger partial charge in [0.25, 0.3) is 0 Å². The van der Waals surface area contributed by atoms with Crippen LogP contribution in [0.25, 0.3) is 5.65 Å². The van der Waals surface area contributed by atoms with Gasteiger partial charge in [-0.3, -0.25) is 0 Å². The minimum absolute atomic E-state index is 0.495. The standard InChI is InChI=1S/C6H4BrClN4/c1-3-5(7)6(8)12-4(10-3)2-9-11-12/h2H,1H3. The lowest BCUT2D eigenvalue weighted by Crippen LogP contribution is -1.96. The Bertz CT molecular complexity index is 438. The zero-order valence-corrected chi connectivity index (χ0v) is 8.46. The number of aryl methyl sites for hydroxylation is 1. The predicted molar refractivity (Wildman–Crippen MR) is 48.2 cm³/mol. The van der Waals surface area contributed by atoms with Crippen LogP contribution in [-0.2, 0) is 0 Å². The first-order valence-electron chi connectivity index (χ1n) is 3.22. The molecule has 0 amide bonds. The Morgan fingerprint density at radius 2 is 2.33 bits per heavy atom. The third-order valence-electron chi connectivity index (χ3n) is 1.50. The lowest BCUT2D eigenvalue weighted by Gasteiger charge is -2.00. The molecule has 2 aromatic rings. The average Bonchev–Trinajstić information content (AvgIpc) is 2.48. The van der Waals surface area contributed by atoms with Crippen LogP contribution in [0.2, 0.25) is 5.15 Å². The molecule has 6 heteroatoms. The number of aromatic nitrogens is 4. The fourth-order valence-electron chi connectivity index (χ4n) is 0.909. The van der Waals surface area contributed by atoms with Gasteiger partial charge in [-0.15, -0.1) is 5.10 Å². The molecule has 2 heterocycles. The second-order valence-electron chi connectivity index (χ2n) is 2.31. The third kappa shape index (κ3) is 1.01. The molecule has 0 aliphatic carbocycles. The van der Waals surface area contributed by atoms with E-state index in [4.69, 9.17) is 11.6 Å². The largest absolute Gasteiger partial charge is 0.231 e. The van der Waals surface area contributed by atoms with Gasteiger partial charge in [-0.1, -0.05) is 16.8 Å². The number of hydrogen-bond donors (Lipinski definition) is 0. The fraction of sp³-hybridized carbons (Fsp3) is 0.167. The Kier molecular flexibility index (Phi) is 1.77. The highest BCUT2D eigenvalue weighted by atomic mass is 79.9. The molecule has 0 N–H and O–H groups in total. The molecule has 0 fully saturated rings. The Labute approximate surface area is 81.7 Å². The maximum absolute atomic E-state index is 5.95. The van der Waals surface area contributed by atoms with Gasteiger partial charge in [0.2, 0.25) is 0 Å². The Balaban J connectivity index is 2.94. The van der Waals surface area contributed by atoms with E-state index in [1.165, 1.54) is 4.52 Å². The van der Waals surface area contributed by atoms with E-state index in [0.29, 0.717) is 10.8 Å². The highest BCUT2D eigenvalue weighted by Crippen LogP contribution is 2.24. The van der Waals surface area contributed by atoms with Gasteiger partial charge < -0.3 is 0 Å². The number of halogens is 2. The van der Waals surface area contributed by atoms with E-state index in [2.05, 4.69) is 31.2 Å². The van der Waals surface area contributed by atoms with Crippen LogP contribution in [0.3, 0.4) is 0 Å². The molecule has 0 aliphatic heterocycles. The lowest BCUT2D eigenvalue weighted by atomic mass is 10.4. The monoisotopic (exact) mass is 246 g/mol. The van der Waals surface area contributed by atoms with E-state index in [0.717, 1.165) is 10.2 Å². The van der Waals surface area contributed by atoms with Gasteiger partial charge in [0.05, 0.1) is 16.4 Å². The molecular formula is C6H4BrClN4. The van der Waals surface area contributed by atoms with Crippen LogP contribution in [0.1, 0.15) is 5.69 Å². The first-order chi connectivity index (χ1) is 5.70. The molecule has 0 bridgehead atoms. The normalized spacial score (nSPS) is 10.9. The number of nitrogens with zero attached hydrogens (tertiary/aromatic N) is 4. The van der Waals surface area contributed by atoms with Crippen LogP contribution >= 0.6 is 27.5 Å². The minimum atomic E-state index is 0.495. The van der Waals surface area contributed by atoms with Crippen molar-refractivity contribution in [1.29, 1.82) is 0 Å². The molecular weight excluding hydrogens is 243 g/mol. The van der Waals surface area contributed by atoms with Gasteiger partial charge in [0, 0.05) is 0 Å². The van der Waals surface area contributed by atoms with Crippen molar-refractivity contribution >= 4 is 33.2 Å². The highest BCUT2D eigenvalue weighted by molar-refractivity contribution is 9.10. The maximum atomic E-state index is 5.95. The SMILES string of the molecule is Cc1nc2cnnn2c(Cl)c1Br. The summed E-state index contributed by atoms with van der Waals surface area (Å²) in [5, 5.41) is 7.95.